The third-order valence-corrected chi connectivity index (χ3v) is 2.80. The minimum atomic E-state index is -0.902. The first kappa shape index (κ1) is 16.5. The van der Waals surface area contributed by atoms with Gasteiger partial charge < -0.3 is 14.2 Å². The van der Waals surface area contributed by atoms with Crippen molar-refractivity contribution in [2.75, 3.05) is 13.7 Å². The van der Waals surface area contributed by atoms with Gasteiger partial charge in [-0.05, 0) is 31.2 Å². The lowest BCUT2D eigenvalue weighted by Crippen LogP contribution is -2.13. The highest BCUT2D eigenvalue weighted by Gasteiger charge is 2.17. The molecular formula is C15H15FN2O5. The SMILES string of the molecule is CCOC(=O)Oc1cc(CC(=O)OC)nn1-c1ccc(F)cc1. The van der Waals surface area contributed by atoms with Gasteiger partial charge in [0.05, 0.1) is 31.5 Å². The molecule has 0 bridgehead atoms. The van der Waals surface area contributed by atoms with E-state index >= 15 is 0 Å². The summed E-state index contributed by atoms with van der Waals surface area (Å²) in [5, 5.41) is 4.17. The van der Waals surface area contributed by atoms with Crippen LogP contribution in [0.15, 0.2) is 30.3 Å². The first-order valence-electron chi connectivity index (χ1n) is 6.79. The topological polar surface area (TPSA) is 79.7 Å². The average Bonchev–Trinajstić information content (AvgIpc) is 2.90. The molecule has 0 atom stereocenters. The van der Waals surface area contributed by atoms with Crippen molar-refractivity contribution in [3.63, 3.8) is 0 Å². The second-order valence-corrected chi connectivity index (χ2v) is 4.40. The van der Waals surface area contributed by atoms with Gasteiger partial charge in [0.25, 0.3) is 0 Å². The number of hydrogen-bond donors (Lipinski definition) is 0. The van der Waals surface area contributed by atoms with Crippen LogP contribution < -0.4 is 4.74 Å². The molecule has 1 heterocycles. The van der Waals surface area contributed by atoms with Gasteiger partial charge >= 0.3 is 12.1 Å². The zero-order valence-corrected chi connectivity index (χ0v) is 12.6. The number of carbonyl (C=O) groups is 2. The zero-order chi connectivity index (χ0) is 16.8. The van der Waals surface area contributed by atoms with Gasteiger partial charge in [0, 0.05) is 6.07 Å². The van der Waals surface area contributed by atoms with Gasteiger partial charge in [-0.1, -0.05) is 0 Å². The van der Waals surface area contributed by atoms with Crippen molar-refractivity contribution < 1.29 is 28.2 Å². The number of ether oxygens (including phenoxy) is 3. The number of methoxy groups -OCH3 is 1. The summed E-state index contributed by atoms with van der Waals surface area (Å²) >= 11 is 0. The van der Waals surface area contributed by atoms with Gasteiger partial charge in [0.15, 0.2) is 0 Å². The Hall–Kier alpha value is -2.90. The monoisotopic (exact) mass is 322 g/mol. The van der Waals surface area contributed by atoms with Crippen LogP contribution in [0.25, 0.3) is 5.69 Å². The smallest absolute Gasteiger partial charge is 0.469 e. The molecule has 2 rings (SSSR count). The first-order valence-corrected chi connectivity index (χ1v) is 6.79. The van der Waals surface area contributed by atoms with Gasteiger partial charge in [-0.25, -0.2) is 13.9 Å². The third kappa shape index (κ3) is 4.29. The van der Waals surface area contributed by atoms with E-state index in [4.69, 9.17) is 9.47 Å². The predicted molar refractivity (Wildman–Crippen MR) is 76.9 cm³/mol. The number of halogens is 1. The van der Waals surface area contributed by atoms with Crippen molar-refractivity contribution in [3.8, 4) is 11.6 Å². The number of rotatable bonds is 5. The molecule has 2 aromatic rings. The Labute approximate surface area is 131 Å². The Bertz CT molecular complexity index is 696. The number of hydrogen-bond acceptors (Lipinski definition) is 6. The van der Waals surface area contributed by atoms with Crippen LogP contribution in [0.2, 0.25) is 0 Å². The van der Waals surface area contributed by atoms with Crippen LogP contribution in [0.5, 0.6) is 5.88 Å². The second kappa shape index (κ2) is 7.39. The summed E-state index contributed by atoms with van der Waals surface area (Å²) < 4.78 is 28.7. The molecular weight excluding hydrogens is 307 g/mol. The second-order valence-electron chi connectivity index (χ2n) is 4.40. The summed E-state index contributed by atoms with van der Waals surface area (Å²) in [4.78, 5) is 22.9. The van der Waals surface area contributed by atoms with Crippen LogP contribution in [0, 0.1) is 5.82 Å². The van der Waals surface area contributed by atoms with E-state index in [-0.39, 0.29) is 18.9 Å². The van der Waals surface area contributed by atoms with Crippen LogP contribution in [0.3, 0.4) is 0 Å². The molecule has 0 amide bonds. The van der Waals surface area contributed by atoms with E-state index in [1.54, 1.807) is 6.92 Å². The zero-order valence-electron chi connectivity index (χ0n) is 12.6. The van der Waals surface area contributed by atoms with E-state index < -0.39 is 17.9 Å². The van der Waals surface area contributed by atoms with Gasteiger partial charge in [-0.3, -0.25) is 4.79 Å². The molecule has 0 aliphatic rings. The van der Waals surface area contributed by atoms with E-state index in [1.165, 1.54) is 42.1 Å². The summed E-state index contributed by atoms with van der Waals surface area (Å²) in [5.41, 5.74) is 0.794. The molecule has 0 saturated heterocycles. The highest BCUT2D eigenvalue weighted by Crippen LogP contribution is 2.21. The molecule has 0 N–H and O–H groups in total. The molecule has 8 heteroatoms. The van der Waals surface area contributed by atoms with Gasteiger partial charge in [-0.15, -0.1) is 0 Å². The quantitative estimate of drug-likeness (QED) is 0.786. The van der Waals surface area contributed by atoms with Crippen LogP contribution >= 0.6 is 0 Å². The van der Waals surface area contributed by atoms with E-state index in [1.807, 2.05) is 0 Å². The fourth-order valence-corrected chi connectivity index (χ4v) is 1.79. The maximum atomic E-state index is 13.0. The maximum absolute atomic E-state index is 13.0. The van der Waals surface area contributed by atoms with Crippen molar-refractivity contribution in [1.82, 2.24) is 9.78 Å². The highest BCUT2D eigenvalue weighted by atomic mass is 19.1. The minimum absolute atomic E-state index is 0.0500. The first-order chi connectivity index (χ1) is 11.0. The Morgan fingerprint density at radius 2 is 1.96 bits per heavy atom. The Balaban J connectivity index is 2.34. The van der Waals surface area contributed by atoms with E-state index in [0.717, 1.165) is 0 Å². The molecule has 0 aliphatic carbocycles. The number of nitrogens with zero attached hydrogens (tertiary/aromatic N) is 2. The van der Waals surface area contributed by atoms with Crippen LogP contribution in [-0.2, 0) is 20.7 Å². The van der Waals surface area contributed by atoms with Crippen molar-refractivity contribution in [2.45, 2.75) is 13.3 Å². The predicted octanol–water partition coefficient (Wildman–Crippen LogP) is 2.26. The normalized spacial score (nSPS) is 10.2. The molecule has 0 fully saturated rings. The molecule has 23 heavy (non-hydrogen) atoms. The van der Waals surface area contributed by atoms with E-state index in [9.17, 15) is 14.0 Å². The average molecular weight is 322 g/mol. The maximum Gasteiger partial charge on any atom is 0.515 e. The molecule has 7 nitrogen and oxygen atoms in total. The fraction of sp³-hybridized carbons (Fsp3) is 0.267. The summed E-state index contributed by atoms with van der Waals surface area (Å²) in [5.74, 6) is -0.853. The lowest BCUT2D eigenvalue weighted by Gasteiger charge is -2.07. The molecule has 122 valence electrons. The largest absolute Gasteiger partial charge is 0.515 e. The number of esters is 1. The van der Waals surface area contributed by atoms with Crippen LogP contribution in [0.4, 0.5) is 9.18 Å². The standard InChI is InChI=1S/C15H15FN2O5/c1-3-22-15(20)23-13-8-11(9-14(19)21-2)17-18(13)12-6-4-10(16)5-7-12/h4-8H,3,9H2,1-2H3. The summed E-state index contributed by atoms with van der Waals surface area (Å²) in [6.45, 7) is 1.79. The molecule has 1 aromatic carbocycles. The molecule has 0 radical (unpaired) electrons. The summed E-state index contributed by atoms with van der Waals surface area (Å²) in [6, 6.07) is 6.82. The van der Waals surface area contributed by atoms with Crippen molar-refractivity contribution in [1.29, 1.82) is 0 Å². The van der Waals surface area contributed by atoms with Gasteiger partial charge in [0.2, 0.25) is 5.88 Å². The summed E-state index contributed by atoms with van der Waals surface area (Å²) in [7, 11) is 1.26. The molecule has 0 saturated carbocycles. The summed E-state index contributed by atoms with van der Waals surface area (Å²) in [6.07, 6.45) is -0.996. The van der Waals surface area contributed by atoms with Crippen molar-refractivity contribution in [3.05, 3.63) is 41.8 Å². The fourth-order valence-electron chi connectivity index (χ4n) is 1.79. The lowest BCUT2D eigenvalue weighted by molar-refractivity contribution is -0.139. The number of benzene rings is 1. The van der Waals surface area contributed by atoms with E-state index in [0.29, 0.717) is 11.4 Å². The van der Waals surface area contributed by atoms with E-state index in [2.05, 4.69) is 9.84 Å². The Morgan fingerprint density at radius 3 is 2.57 bits per heavy atom. The number of aromatic nitrogens is 2. The van der Waals surface area contributed by atoms with Gasteiger partial charge in [-0.2, -0.15) is 5.10 Å². The Kier molecular flexibility index (Phi) is 5.29. The lowest BCUT2D eigenvalue weighted by atomic mass is 10.3. The molecule has 0 spiro atoms. The third-order valence-electron chi connectivity index (χ3n) is 2.80. The number of carbonyl (C=O) groups excluding carboxylic acids is 2. The molecule has 1 aromatic heterocycles. The van der Waals surface area contributed by atoms with Crippen LogP contribution in [-0.4, -0.2) is 35.6 Å². The highest BCUT2D eigenvalue weighted by molar-refractivity contribution is 5.72. The minimum Gasteiger partial charge on any atom is -0.469 e. The Morgan fingerprint density at radius 1 is 1.26 bits per heavy atom. The van der Waals surface area contributed by atoms with Crippen LogP contribution in [0.1, 0.15) is 12.6 Å². The molecule has 0 aliphatic heterocycles. The van der Waals surface area contributed by atoms with Crippen molar-refractivity contribution >= 4 is 12.1 Å². The molecule has 0 unspecified atom stereocenters. The van der Waals surface area contributed by atoms with Crippen molar-refractivity contribution in [2.24, 2.45) is 0 Å². The van der Waals surface area contributed by atoms with Gasteiger partial charge in [0.1, 0.15) is 5.82 Å².